The number of hydrogen-bond donors (Lipinski definition) is 1. The van der Waals surface area contributed by atoms with Gasteiger partial charge in [0.2, 0.25) is 0 Å². The normalized spacial score (nSPS) is 12.3. The summed E-state index contributed by atoms with van der Waals surface area (Å²) in [6.45, 7) is 0. The van der Waals surface area contributed by atoms with Gasteiger partial charge in [0, 0.05) is 23.3 Å². The number of halogens is 3. The lowest BCUT2D eigenvalue weighted by Gasteiger charge is -2.16. The molecule has 3 heterocycles. The molecule has 0 amide bonds. The van der Waals surface area contributed by atoms with Crippen LogP contribution in [0.1, 0.15) is 28.4 Å². The largest absolute Gasteiger partial charge is 0.491 e. The molecule has 0 radical (unpaired) electrons. The first-order valence-electron chi connectivity index (χ1n) is 9.41. The molecule has 0 aliphatic carbocycles. The van der Waals surface area contributed by atoms with Gasteiger partial charge in [-0.05, 0) is 23.8 Å². The first kappa shape index (κ1) is 21.7. The van der Waals surface area contributed by atoms with E-state index in [-0.39, 0.29) is 12.0 Å². The first-order valence-corrected chi connectivity index (χ1v) is 9.41. The Hall–Kier alpha value is -4.53. The van der Waals surface area contributed by atoms with E-state index in [2.05, 4.69) is 24.8 Å². The first-order chi connectivity index (χ1) is 15.8. The molecule has 0 saturated carbocycles. The summed E-state index contributed by atoms with van der Waals surface area (Å²) in [5.41, 5.74) is 2.04. The number of carbonyl (C=O) groups excluding carboxylic acids is 2. The Morgan fingerprint density at radius 2 is 2.06 bits per heavy atom. The minimum absolute atomic E-state index is 0.0511. The van der Waals surface area contributed by atoms with Crippen LogP contribution in [0.15, 0.2) is 55.2 Å². The summed E-state index contributed by atoms with van der Waals surface area (Å²) in [7, 11) is 0. The van der Waals surface area contributed by atoms with Crippen LogP contribution in [0.25, 0.3) is 22.3 Å². The third-order valence-electron chi connectivity index (χ3n) is 4.76. The van der Waals surface area contributed by atoms with Crippen molar-refractivity contribution in [2.75, 3.05) is 0 Å². The van der Waals surface area contributed by atoms with Gasteiger partial charge in [0.05, 0.1) is 36.0 Å². The number of carbonyl (C=O) groups is 2. The Balaban J connectivity index is 1.65. The van der Waals surface area contributed by atoms with Gasteiger partial charge in [-0.2, -0.15) is 23.5 Å². The monoisotopic (exact) mass is 454 g/mol. The van der Waals surface area contributed by atoms with Gasteiger partial charge in [-0.1, -0.05) is 12.1 Å². The van der Waals surface area contributed by atoms with E-state index in [9.17, 15) is 28.0 Å². The predicted molar refractivity (Wildman–Crippen MR) is 106 cm³/mol. The molecule has 3 aromatic heterocycles. The van der Waals surface area contributed by atoms with Crippen molar-refractivity contribution in [1.29, 1.82) is 5.26 Å². The number of aromatic amines is 1. The van der Waals surface area contributed by atoms with Crippen molar-refractivity contribution >= 4 is 23.0 Å². The maximum absolute atomic E-state index is 12.4. The third-order valence-corrected chi connectivity index (χ3v) is 4.76. The Morgan fingerprint density at radius 3 is 2.82 bits per heavy atom. The molecular weight excluding hydrogens is 441 g/mol. The Kier molecular flexibility index (Phi) is 5.61. The molecule has 1 aromatic carbocycles. The average molecular weight is 454 g/mol. The summed E-state index contributed by atoms with van der Waals surface area (Å²) in [4.78, 5) is 34.4. The van der Waals surface area contributed by atoms with E-state index >= 15 is 0 Å². The second-order valence-corrected chi connectivity index (χ2v) is 6.85. The van der Waals surface area contributed by atoms with Gasteiger partial charge >= 0.3 is 18.1 Å². The number of rotatable bonds is 5. The van der Waals surface area contributed by atoms with Crippen molar-refractivity contribution < 1.29 is 27.5 Å². The minimum Gasteiger partial charge on any atom is -0.383 e. The summed E-state index contributed by atoms with van der Waals surface area (Å²) >= 11 is 0. The molecule has 4 aromatic rings. The zero-order chi connectivity index (χ0) is 23.6. The van der Waals surface area contributed by atoms with E-state index in [0.717, 1.165) is 5.39 Å². The third kappa shape index (κ3) is 4.42. The van der Waals surface area contributed by atoms with Crippen molar-refractivity contribution in [3.63, 3.8) is 0 Å². The molecule has 0 bridgehead atoms. The number of nitriles is 1. The number of alkyl halides is 3. The van der Waals surface area contributed by atoms with Crippen LogP contribution in [0.2, 0.25) is 0 Å². The van der Waals surface area contributed by atoms with Gasteiger partial charge in [0.1, 0.15) is 12.0 Å². The number of aromatic nitrogens is 5. The molecule has 1 N–H and O–H groups in total. The quantitative estimate of drug-likeness (QED) is 0.361. The average Bonchev–Trinajstić information content (AvgIpc) is 3.46. The fourth-order valence-corrected chi connectivity index (χ4v) is 3.26. The van der Waals surface area contributed by atoms with Gasteiger partial charge in [-0.25, -0.2) is 19.6 Å². The number of benzene rings is 1. The van der Waals surface area contributed by atoms with Gasteiger partial charge < -0.3 is 9.72 Å². The molecule has 1 atom stereocenters. The highest BCUT2D eigenvalue weighted by atomic mass is 19.4. The van der Waals surface area contributed by atoms with E-state index in [0.29, 0.717) is 22.5 Å². The molecule has 0 aliphatic heterocycles. The fourth-order valence-electron chi connectivity index (χ4n) is 3.26. The highest BCUT2D eigenvalue weighted by Crippen LogP contribution is 2.28. The maximum Gasteiger partial charge on any atom is 0.491 e. The highest BCUT2D eigenvalue weighted by Gasteiger charge is 2.42. The topological polar surface area (TPSA) is 127 Å². The molecule has 0 aliphatic rings. The molecule has 166 valence electrons. The van der Waals surface area contributed by atoms with Crippen LogP contribution in [0.5, 0.6) is 0 Å². The number of ether oxygens (including phenoxy) is 1. The van der Waals surface area contributed by atoms with Crippen LogP contribution in [-0.4, -0.2) is 42.8 Å². The number of hydrogen-bond acceptors (Lipinski definition) is 7. The molecule has 4 rings (SSSR count). The van der Waals surface area contributed by atoms with Crippen molar-refractivity contribution in [1.82, 2.24) is 24.7 Å². The predicted octanol–water partition coefficient (Wildman–Crippen LogP) is 3.57. The lowest BCUT2D eigenvalue weighted by molar-refractivity contribution is -0.193. The number of H-pyrrole nitrogens is 1. The van der Waals surface area contributed by atoms with Crippen LogP contribution < -0.4 is 0 Å². The van der Waals surface area contributed by atoms with Crippen LogP contribution >= 0.6 is 0 Å². The highest BCUT2D eigenvalue weighted by molar-refractivity contribution is 5.98. The van der Waals surface area contributed by atoms with Gasteiger partial charge in [0.25, 0.3) is 0 Å². The van der Waals surface area contributed by atoms with Gasteiger partial charge in [0.15, 0.2) is 0 Å². The number of nitrogens with one attached hydrogen (secondary N) is 1. The zero-order valence-corrected chi connectivity index (χ0v) is 16.6. The molecular formula is C21H13F3N6O3. The van der Waals surface area contributed by atoms with Gasteiger partial charge in [-0.3, -0.25) is 4.68 Å². The lowest BCUT2D eigenvalue weighted by atomic mass is 10.0. The van der Waals surface area contributed by atoms with Crippen LogP contribution in [0.4, 0.5) is 13.2 Å². The SMILES string of the molecule is N#CCC(c1cccc(C(=O)OC(=O)C(F)(F)F)c1)n1cc(-c2ncnc3[nH]ccc23)cn1. The fraction of sp³-hybridized carbons (Fsp3) is 0.143. The second-order valence-electron chi connectivity index (χ2n) is 6.85. The van der Waals surface area contributed by atoms with Crippen LogP contribution in [0.3, 0.4) is 0 Å². The Morgan fingerprint density at radius 1 is 1.24 bits per heavy atom. The lowest BCUT2D eigenvalue weighted by Crippen LogP contribution is -2.28. The number of esters is 2. The van der Waals surface area contributed by atoms with Crippen molar-refractivity contribution in [2.24, 2.45) is 0 Å². The summed E-state index contributed by atoms with van der Waals surface area (Å²) in [6, 6.07) is 8.63. The zero-order valence-electron chi connectivity index (χ0n) is 16.6. The van der Waals surface area contributed by atoms with Crippen LogP contribution in [-0.2, 0) is 9.53 Å². The van der Waals surface area contributed by atoms with Crippen molar-refractivity contribution in [2.45, 2.75) is 18.6 Å². The molecule has 33 heavy (non-hydrogen) atoms. The molecule has 12 heteroatoms. The molecule has 0 saturated heterocycles. The van der Waals surface area contributed by atoms with E-state index in [1.165, 1.54) is 29.2 Å². The van der Waals surface area contributed by atoms with E-state index in [4.69, 9.17) is 0 Å². The summed E-state index contributed by atoms with van der Waals surface area (Å²) in [5, 5.41) is 14.4. The summed E-state index contributed by atoms with van der Waals surface area (Å²) in [5.74, 6) is -4.06. The van der Waals surface area contributed by atoms with E-state index < -0.39 is 24.2 Å². The summed E-state index contributed by atoms with van der Waals surface area (Å²) in [6.07, 6.45) is 0.988. The molecule has 0 spiro atoms. The minimum atomic E-state index is -5.30. The number of fused-ring (bicyclic) bond motifs is 1. The van der Waals surface area contributed by atoms with E-state index in [1.807, 2.05) is 12.1 Å². The molecule has 1 unspecified atom stereocenters. The number of nitrogens with zero attached hydrogens (tertiary/aromatic N) is 5. The van der Waals surface area contributed by atoms with Gasteiger partial charge in [-0.15, -0.1) is 0 Å². The van der Waals surface area contributed by atoms with Crippen molar-refractivity contribution in [3.05, 3.63) is 66.4 Å². The smallest absolute Gasteiger partial charge is 0.383 e. The van der Waals surface area contributed by atoms with E-state index in [1.54, 1.807) is 24.7 Å². The Bertz CT molecular complexity index is 1390. The van der Waals surface area contributed by atoms with Crippen LogP contribution in [0, 0.1) is 11.3 Å². The second kappa shape index (κ2) is 8.54. The standard InChI is InChI=1S/C21H13F3N6O3/c22-21(23,24)20(32)33-19(31)13-3-1-2-12(8-13)16(4-6-25)30-10-14(9-29-30)17-15-5-7-26-18(15)28-11-27-17/h1-3,5,7-11,16H,4H2,(H,26,27,28). The molecule has 9 nitrogen and oxygen atoms in total. The summed E-state index contributed by atoms with van der Waals surface area (Å²) < 4.78 is 42.5. The Labute approximate surface area is 183 Å². The molecule has 0 fully saturated rings. The van der Waals surface area contributed by atoms with Crippen molar-refractivity contribution in [3.8, 4) is 17.3 Å². The maximum atomic E-state index is 12.4.